The molecule has 1 aromatic heterocycles. The summed E-state index contributed by atoms with van der Waals surface area (Å²) in [5.41, 5.74) is -1.22. The minimum atomic E-state index is -2.06. The van der Waals surface area contributed by atoms with Gasteiger partial charge in [-0.2, -0.15) is 0 Å². The first-order chi connectivity index (χ1) is 9.76. The number of H-pyrrole nitrogens is 1. The SMILES string of the molecule is CC1(C)OC2[C@H](n3ccc(=O)[nH]c3=O)O[C@](F)(CI)[C@@H]2O1. The Labute approximate surface area is 132 Å². The van der Waals surface area contributed by atoms with E-state index in [4.69, 9.17) is 14.2 Å². The third-order valence-corrected chi connectivity index (χ3v) is 4.50. The van der Waals surface area contributed by atoms with Crippen LogP contribution >= 0.6 is 22.6 Å². The number of hydrogen-bond acceptors (Lipinski definition) is 5. The average Bonchev–Trinajstić information content (AvgIpc) is 2.84. The molecule has 0 aromatic carbocycles. The highest BCUT2D eigenvalue weighted by atomic mass is 127. The van der Waals surface area contributed by atoms with Gasteiger partial charge in [-0.3, -0.25) is 14.3 Å². The standard InChI is InChI=1S/C12H14FIN2O5/c1-11(2)19-7-8(20-11)12(13,5-14)21-9(7)16-4-3-6(17)15-10(16)18/h3-4,7-9H,5H2,1-2H3,(H,15,17,18)/t7?,8-,9-,12-/m1/s1. The maximum Gasteiger partial charge on any atom is 0.330 e. The normalized spacial score (nSPS) is 37.6. The highest BCUT2D eigenvalue weighted by Gasteiger charge is 2.64. The quantitative estimate of drug-likeness (QED) is 0.571. The van der Waals surface area contributed by atoms with Gasteiger partial charge in [-0.15, -0.1) is 0 Å². The largest absolute Gasteiger partial charge is 0.340 e. The van der Waals surface area contributed by atoms with Crippen molar-refractivity contribution in [3.63, 3.8) is 0 Å². The number of alkyl halides is 2. The Bertz CT molecular complexity index is 674. The van der Waals surface area contributed by atoms with E-state index in [9.17, 15) is 14.0 Å². The van der Waals surface area contributed by atoms with E-state index in [1.165, 1.54) is 12.3 Å². The van der Waals surface area contributed by atoms with Gasteiger partial charge in [0.2, 0.25) is 5.85 Å². The lowest BCUT2D eigenvalue weighted by Crippen LogP contribution is -2.40. The number of rotatable bonds is 2. The fraction of sp³-hybridized carbons (Fsp3) is 0.667. The third-order valence-electron chi connectivity index (χ3n) is 3.46. The van der Waals surface area contributed by atoms with Crippen molar-refractivity contribution < 1.29 is 18.6 Å². The first-order valence-corrected chi connectivity index (χ1v) is 7.88. The molecule has 2 fully saturated rings. The number of aromatic nitrogens is 2. The molecule has 0 bridgehead atoms. The highest BCUT2D eigenvalue weighted by molar-refractivity contribution is 14.1. The van der Waals surface area contributed by atoms with Gasteiger partial charge in [0.25, 0.3) is 5.56 Å². The Morgan fingerprint density at radius 2 is 2.10 bits per heavy atom. The van der Waals surface area contributed by atoms with Gasteiger partial charge in [0.05, 0.1) is 4.43 Å². The van der Waals surface area contributed by atoms with Crippen LogP contribution in [0.15, 0.2) is 21.9 Å². The van der Waals surface area contributed by atoms with E-state index < -0.39 is 41.3 Å². The molecule has 0 aliphatic carbocycles. The van der Waals surface area contributed by atoms with Crippen LogP contribution in [0.3, 0.4) is 0 Å². The van der Waals surface area contributed by atoms with Gasteiger partial charge in [-0.25, -0.2) is 9.18 Å². The fourth-order valence-electron chi connectivity index (χ4n) is 2.62. The van der Waals surface area contributed by atoms with Crippen molar-refractivity contribution in [1.82, 2.24) is 9.55 Å². The number of fused-ring (bicyclic) bond motifs is 1. The van der Waals surface area contributed by atoms with E-state index in [-0.39, 0.29) is 4.43 Å². The maximum atomic E-state index is 14.9. The molecule has 1 aromatic rings. The van der Waals surface area contributed by atoms with Gasteiger partial charge in [-0.1, -0.05) is 22.6 Å². The summed E-state index contributed by atoms with van der Waals surface area (Å²) in [4.78, 5) is 25.1. The Morgan fingerprint density at radius 1 is 1.38 bits per heavy atom. The third kappa shape index (κ3) is 2.45. The molecule has 3 rings (SSSR count). The smallest absolute Gasteiger partial charge is 0.330 e. The van der Waals surface area contributed by atoms with E-state index in [0.29, 0.717) is 0 Å². The predicted molar refractivity (Wildman–Crippen MR) is 78.0 cm³/mol. The molecular weight excluding hydrogens is 398 g/mol. The lowest BCUT2D eigenvalue weighted by Gasteiger charge is -2.27. The number of ether oxygens (including phenoxy) is 3. The van der Waals surface area contributed by atoms with Crippen molar-refractivity contribution >= 4 is 22.6 Å². The molecule has 2 aliphatic rings. The summed E-state index contributed by atoms with van der Waals surface area (Å²) >= 11 is 1.86. The maximum absolute atomic E-state index is 14.9. The van der Waals surface area contributed by atoms with Crippen LogP contribution in [0, 0.1) is 0 Å². The van der Waals surface area contributed by atoms with Crippen molar-refractivity contribution in [3.8, 4) is 0 Å². The van der Waals surface area contributed by atoms with Crippen LogP contribution in [-0.2, 0) is 14.2 Å². The Kier molecular flexibility index (Phi) is 3.50. The Hall–Kier alpha value is -0.780. The molecule has 0 spiro atoms. The van der Waals surface area contributed by atoms with E-state index in [1.807, 2.05) is 22.6 Å². The first-order valence-electron chi connectivity index (χ1n) is 6.35. The lowest BCUT2D eigenvalue weighted by atomic mass is 10.1. The second-order valence-corrected chi connectivity index (χ2v) is 6.23. The van der Waals surface area contributed by atoms with Crippen LogP contribution in [0.5, 0.6) is 0 Å². The molecule has 2 saturated heterocycles. The highest BCUT2D eigenvalue weighted by Crippen LogP contribution is 2.48. The van der Waals surface area contributed by atoms with Crippen LogP contribution < -0.4 is 11.2 Å². The summed E-state index contributed by atoms with van der Waals surface area (Å²) < 4.78 is 32.6. The molecule has 1 N–H and O–H groups in total. The molecule has 0 saturated carbocycles. The summed E-state index contributed by atoms with van der Waals surface area (Å²) in [6.45, 7) is 3.34. The predicted octanol–water partition coefficient (Wildman–Crippen LogP) is 0.686. The molecule has 1 unspecified atom stereocenters. The number of nitrogens with one attached hydrogen (secondary N) is 1. The van der Waals surface area contributed by atoms with Crippen LogP contribution in [-0.4, -0.2) is 37.8 Å². The van der Waals surface area contributed by atoms with Crippen LogP contribution in [0.4, 0.5) is 4.39 Å². The molecule has 7 nitrogen and oxygen atoms in total. The van der Waals surface area contributed by atoms with Gasteiger partial charge < -0.3 is 14.2 Å². The lowest BCUT2D eigenvalue weighted by molar-refractivity contribution is -0.246. The molecule has 4 atom stereocenters. The van der Waals surface area contributed by atoms with Crippen molar-refractivity contribution in [1.29, 1.82) is 0 Å². The van der Waals surface area contributed by atoms with Gasteiger partial charge in [-0.05, 0) is 13.8 Å². The van der Waals surface area contributed by atoms with E-state index in [2.05, 4.69) is 4.98 Å². The van der Waals surface area contributed by atoms with Crippen molar-refractivity contribution in [2.75, 3.05) is 4.43 Å². The van der Waals surface area contributed by atoms with Crippen molar-refractivity contribution in [2.45, 2.75) is 43.9 Å². The number of halogens is 2. The van der Waals surface area contributed by atoms with Gasteiger partial charge in [0.1, 0.15) is 6.10 Å². The molecular formula is C12H14FIN2O5. The summed E-state index contributed by atoms with van der Waals surface area (Å²) in [6, 6.07) is 1.17. The average molecular weight is 412 g/mol. The zero-order chi connectivity index (χ0) is 15.4. The summed E-state index contributed by atoms with van der Waals surface area (Å²) in [7, 11) is 0. The minimum absolute atomic E-state index is 0.0277. The van der Waals surface area contributed by atoms with Gasteiger partial charge in [0, 0.05) is 12.3 Å². The Balaban J connectivity index is 2.04. The molecule has 0 amide bonds. The molecule has 21 heavy (non-hydrogen) atoms. The Morgan fingerprint density at radius 3 is 2.71 bits per heavy atom. The van der Waals surface area contributed by atoms with Gasteiger partial charge >= 0.3 is 5.69 Å². The van der Waals surface area contributed by atoms with Crippen molar-refractivity contribution in [2.24, 2.45) is 0 Å². The zero-order valence-corrected chi connectivity index (χ0v) is 13.5. The van der Waals surface area contributed by atoms with Crippen molar-refractivity contribution in [3.05, 3.63) is 33.1 Å². The number of hydrogen-bond donors (Lipinski definition) is 1. The zero-order valence-electron chi connectivity index (χ0n) is 11.3. The molecule has 2 aliphatic heterocycles. The minimum Gasteiger partial charge on any atom is -0.340 e. The second-order valence-electron chi connectivity index (χ2n) is 5.47. The first kappa shape index (κ1) is 15.1. The van der Waals surface area contributed by atoms with Crippen LogP contribution in [0.2, 0.25) is 0 Å². The number of nitrogens with zero attached hydrogens (tertiary/aromatic N) is 1. The van der Waals surface area contributed by atoms with Crippen LogP contribution in [0.1, 0.15) is 20.1 Å². The van der Waals surface area contributed by atoms with Gasteiger partial charge in [0.15, 0.2) is 18.1 Å². The van der Waals surface area contributed by atoms with E-state index >= 15 is 0 Å². The molecule has 116 valence electrons. The van der Waals surface area contributed by atoms with Crippen LogP contribution in [0.25, 0.3) is 0 Å². The van der Waals surface area contributed by atoms with E-state index in [1.54, 1.807) is 13.8 Å². The topological polar surface area (TPSA) is 82.6 Å². The molecule has 0 radical (unpaired) electrons. The second kappa shape index (κ2) is 4.86. The fourth-order valence-corrected chi connectivity index (χ4v) is 3.23. The summed E-state index contributed by atoms with van der Waals surface area (Å²) in [6.07, 6.45) is -1.45. The van der Waals surface area contributed by atoms with E-state index in [0.717, 1.165) is 4.57 Å². The summed E-state index contributed by atoms with van der Waals surface area (Å²) in [5.74, 6) is -3.02. The number of aromatic amines is 1. The summed E-state index contributed by atoms with van der Waals surface area (Å²) in [5, 5.41) is 0. The monoisotopic (exact) mass is 412 g/mol. The molecule has 3 heterocycles. The molecule has 9 heteroatoms.